The van der Waals surface area contributed by atoms with Crippen LogP contribution < -0.4 is 10.5 Å². The third-order valence-electron chi connectivity index (χ3n) is 5.85. The molecule has 1 amide bonds. The van der Waals surface area contributed by atoms with E-state index in [0.717, 1.165) is 0 Å². The maximum absolute atomic E-state index is 13.0. The number of anilines is 1. The minimum absolute atomic E-state index is 0.00337. The van der Waals surface area contributed by atoms with Crippen molar-refractivity contribution in [1.29, 1.82) is 0 Å². The lowest BCUT2D eigenvalue weighted by molar-refractivity contribution is -0.139. The Morgan fingerprint density at radius 1 is 1.11 bits per heavy atom. The van der Waals surface area contributed by atoms with Gasteiger partial charge in [0, 0.05) is 64.7 Å². The molecule has 37 heavy (non-hydrogen) atoms. The van der Waals surface area contributed by atoms with Crippen molar-refractivity contribution in [3.8, 4) is 0 Å². The summed E-state index contributed by atoms with van der Waals surface area (Å²) in [4.78, 5) is 36.8. The largest absolute Gasteiger partial charge is 0.421 e. The Bertz CT molecular complexity index is 1120. The van der Waals surface area contributed by atoms with Gasteiger partial charge in [0.2, 0.25) is 11.9 Å². The predicted molar refractivity (Wildman–Crippen MR) is 117 cm³/mol. The molecule has 0 bridgehead atoms. The SMILES string of the molecule is COC[C@H](CC(=O)N1CCN(c2ncc(C(F)(F)F)cn2)CC1)N(C)Cc1cc(C(F)(F)F)c(=O)[nH]n1. The Balaban J connectivity index is 1.58. The lowest BCUT2D eigenvalue weighted by Gasteiger charge is -2.36. The van der Waals surface area contributed by atoms with Crippen LogP contribution in [0.25, 0.3) is 0 Å². The van der Waals surface area contributed by atoms with Gasteiger partial charge in [-0.15, -0.1) is 0 Å². The van der Waals surface area contributed by atoms with E-state index >= 15 is 0 Å². The molecule has 16 heteroatoms. The number of aromatic nitrogens is 4. The Morgan fingerprint density at radius 3 is 2.27 bits per heavy atom. The highest BCUT2D eigenvalue weighted by Gasteiger charge is 2.35. The van der Waals surface area contributed by atoms with Crippen molar-refractivity contribution in [3.05, 3.63) is 45.6 Å². The highest BCUT2D eigenvalue weighted by molar-refractivity contribution is 5.77. The molecule has 3 rings (SSSR count). The van der Waals surface area contributed by atoms with E-state index in [1.54, 1.807) is 21.7 Å². The monoisotopic (exact) mass is 537 g/mol. The molecule has 1 atom stereocenters. The van der Waals surface area contributed by atoms with Crippen molar-refractivity contribution in [2.75, 3.05) is 51.8 Å². The summed E-state index contributed by atoms with van der Waals surface area (Å²) in [5.41, 5.74) is -3.69. The summed E-state index contributed by atoms with van der Waals surface area (Å²) in [7, 11) is 3.02. The van der Waals surface area contributed by atoms with Gasteiger partial charge < -0.3 is 14.5 Å². The fraction of sp³-hybridized carbons (Fsp3) is 0.571. The second kappa shape index (κ2) is 11.4. The van der Waals surface area contributed by atoms with E-state index in [4.69, 9.17) is 4.74 Å². The highest BCUT2D eigenvalue weighted by Crippen LogP contribution is 2.29. The minimum Gasteiger partial charge on any atom is -0.383 e. The molecule has 0 aliphatic carbocycles. The van der Waals surface area contributed by atoms with Gasteiger partial charge in [0.05, 0.1) is 17.9 Å². The van der Waals surface area contributed by atoms with Gasteiger partial charge in [-0.1, -0.05) is 0 Å². The van der Waals surface area contributed by atoms with Gasteiger partial charge in [0.25, 0.3) is 5.56 Å². The zero-order valence-electron chi connectivity index (χ0n) is 19.9. The number of piperazine rings is 1. The molecule has 2 aromatic heterocycles. The number of aromatic amines is 1. The number of hydrogen-bond acceptors (Lipinski definition) is 8. The zero-order chi connectivity index (χ0) is 27.4. The third-order valence-corrected chi connectivity index (χ3v) is 5.85. The van der Waals surface area contributed by atoms with Crippen molar-refractivity contribution < 1.29 is 35.9 Å². The first-order valence-electron chi connectivity index (χ1n) is 11.1. The number of nitrogens with zero attached hydrogens (tertiary/aromatic N) is 6. The Hall–Kier alpha value is -3.27. The maximum Gasteiger partial charge on any atom is 0.421 e. The number of likely N-dealkylation sites (N-methyl/N-ethyl adjacent to an activating group) is 1. The van der Waals surface area contributed by atoms with E-state index in [-0.39, 0.29) is 50.2 Å². The van der Waals surface area contributed by atoms with Crippen LogP contribution in [0, 0.1) is 0 Å². The summed E-state index contributed by atoms with van der Waals surface area (Å²) in [6.07, 6.45) is -7.96. The second-order valence-electron chi connectivity index (χ2n) is 8.47. The van der Waals surface area contributed by atoms with Gasteiger partial charge in [0.1, 0.15) is 5.56 Å². The van der Waals surface area contributed by atoms with Crippen LogP contribution in [0.2, 0.25) is 0 Å². The Morgan fingerprint density at radius 2 is 1.73 bits per heavy atom. The van der Waals surface area contributed by atoms with Gasteiger partial charge in [-0.25, -0.2) is 15.1 Å². The van der Waals surface area contributed by atoms with Crippen LogP contribution >= 0.6 is 0 Å². The number of halogens is 6. The molecular weight excluding hydrogens is 512 g/mol. The average Bonchev–Trinajstić information content (AvgIpc) is 2.84. The van der Waals surface area contributed by atoms with Crippen LogP contribution in [0.4, 0.5) is 32.3 Å². The summed E-state index contributed by atoms with van der Waals surface area (Å²) < 4.78 is 82.4. The highest BCUT2D eigenvalue weighted by atomic mass is 19.4. The van der Waals surface area contributed by atoms with Crippen molar-refractivity contribution in [3.63, 3.8) is 0 Å². The minimum atomic E-state index is -4.83. The van der Waals surface area contributed by atoms with Crippen molar-refractivity contribution in [2.24, 2.45) is 0 Å². The lowest BCUT2D eigenvalue weighted by Crippen LogP contribution is -2.51. The molecule has 0 aromatic carbocycles. The Labute approximate surface area is 207 Å². The van der Waals surface area contributed by atoms with Crippen molar-refractivity contribution in [1.82, 2.24) is 30.0 Å². The fourth-order valence-corrected chi connectivity index (χ4v) is 3.78. The summed E-state index contributed by atoms with van der Waals surface area (Å²) in [5.74, 6) is -0.101. The fourth-order valence-electron chi connectivity index (χ4n) is 3.78. The first-order chi connectivity index (χ1) is 17.3. The van der Waals surface area contributed by atoms with Crippen LogP contribution in [-0.2, 0) is 28.4 Å². The maximum atomic E-state index is 13.0. The molecule has 1 saturated heterocycles. The second-order valence-corrected chi connectivity index (χ2v) is 8.47. The molecule has 0 unspecified atom stereocenters. The molecular formula is C21H25F6N7O3. The topological polar surface area (TPSA) is 108 Å². The number of carbonyl (C=O) groups excluding carboxylic acids is 1. The van der Waals surface area contributed by atoms with Crippen molar-refractivity contribution in [2.45, 2.75) is 31.4 Å². The molecule has 0 saturated carbocycles. The van der Waals surface area contributed by atoms with Crippen LogP contribution in [-0.4, -0.2) is 88.9 Å². The molecule has 3 heterocycles. The quantitative estimate of drug-likeness (QED) is 0.508. The normalized spacial score (nSPS) is 15.8. The average molecular weight is 537 g/mol. The summed E-state index contributed by atoms with van der Waals surface area (Å²) in [6.45, 7) is 1.20. The zero-order valence-corrected chi connectivity index (χ0v) is 19.9. The number of methoxy groups -OCH3 is 1. The van der Waals surface area contributed by atoms with Gasteiger partial charge in [-0.3, -0.25) is 14.5 Å². The first kappa shape index (κ1) is 28.3. The molecule has 10 nitrogen and oxygen atoms in total. The van der Waals surface area contributed by atoms with Crippen molar-refractivity contribution >= 4 is 11.9 Å². The van der Waals surface area contributed by atoms with E-state index in [1.807, 2.05) is 5.10 Å². The molecule has 1 fully saturated rings. The molecule has 0 spiro atoms. The Kier molecular flexibility index (Phi) is 8.73. The number of ether oxygens (including phenoxy) is 1. The molecule has 1 N–H and O–H groups in total. The molecule has 1 aliphatic rings. The number of nitrogens with one attached hydrogen (secondary N) is 1. The van der Waals surface area contributed by atoms with Gasteiger partial charge >= 0.3 is 12.4 Å². The lowest BCUT2D eigenvalue weighted by atomic mass is 10.1. The predicted octanol–water partition coefficient (Wildman–Crippen LogP) is 1.78. The van der Waals surface area contributed by atoms with Gasteiger partial charge in [0.15, 0.2) is 0 Å². The third kappa shape index (κ3) is 7.38. The van der Waals surface area contributed by atoms with E-state index in [9.17, 15) is 35.9 Å². The van der Waals surface area contributed by atoms with E-state index in [2.05, 4.69) is 15.1 Å². The first-order valence-corrected chi connectivity index (χ1v) is 11.1. The smallest absolute Gasteiger partial charge is 0.383 e. The van der Waals surface area contributed by atoms with Gasteiger partial charge in [-0.05, 0) is 13.1 Å². The number of carbonyl (C=O) groups is 1. The summed E-state index contributed by atoms with van der Waals surface area (Å²) in [5, 5.41) is 5.51. The van der Waals surface area contributed by atoms with Crippen LogP contribution in [0.15, 0.2) is 23.3 Å². The molecule has 204 valence electrons. The van der Waals surface area contributed by atoms with E-state index < -0.39 is 35.1 Å². The number of rotatable bonds is 8. The molecule has 1 aliphatic heterocycles. The van der Waals surface area contributed by atoms with Gasteiger partial charge in [-0.2, -0.15) is 31.4 Å². The number of hydrogen-bond donors (Lipinski definition) is 1. The van der Waals surface area contributed by atoms with Crippen LogP contribution in [0.1, 0.15) is 23.2 Å². The number of H-pyrrole nitrogens is 1. The standard InChI is InChI=1S/C21H25F6N7O3/c1-32(11-14-7-16(21(25,26)27)18(36)31-30-14)15(12-37-2)8-17(35)33-3-5-34(6-4-33)19-28-9-13(10-29-19)20(22,23)24/h7,9-10,15H,3-6,8,11-12H2,1-2H3,(H,31,36)/t15-/m0/s1. The van der Waals surface area contributed by atoms with Crippen LogP contribution in [0.5, 0.6) is 0 Å². The van der Waals surface area contributed by atoms with E-state index in [1.165, 1.54) is 7.11 Å². The van der Waals surface area contributed by atoms with Crippen LogP contribution in [0.3, 0.4) is 0 Å². The number of alkyl halides is 6. The molecule has 0 radical (unpaired) electrons. The molecule has 2 aromatic rings. The summed E-state index contributed by atoms with van der Waals surface area (Å²) in [6, 6.07) is 0.167. The summed E-state index contributed by atoms with van der Waals surface area (Å²) >= 11 is 0. The van der Waals surface area contributed by atoms with E-state index in [0.29, 0.717) is 31.5 Å². The number of amides is 1.